The van der Waals surface area contributed by atoms with Crippen molar-refractivity contribution in [3.8, 4) is 0 Å². The van der Waals surface area contributed by atoms with Crippen LogP contribution in [0.3, 0.4) is 0 Å². The number of thiol groups is 1. The lowest BCUT2D eigenvalue weighted by Crippen LogP contribution is -2.64. The highest BCUT2D eigenvalue weighted by atomic mass is 32.1. The monoisotopic (exact) mass is 381 g/mol. The average Bonchev–Trinajstić information content (AvgIpc) is 2.86. The molecule has 0 aromatic carbocycles. The molecule has 2 aliphatic rings. The summed E-state index contributed by atoms with van der Waals surface area (Å²) in [6, 6.07) is -0.280. The summed E-state index contributed by atoms with van der Waals surface area (Å²) in [4.78, 5) is 38.1. The smallest absolute Gasteiger partial charge is 0.457 e. The summed E-state index contributed by atoms with van der Waals surface area (Å²) >= 11 is 4.30. The van der Waals surface area contributed by atoms with E-state index >= 15 is 0 Å². The summed E-state index contributed by atoms with van der Waals surface area (Å²) < 4.78 is 15.1. The van der Waals surface area contributed by atoms with Gasteiger partial charge >= 0.3 is 12.1 Å². The second kappa shape index (κ2) is 8.44. The fraction of sp³-hybridized carbons (Fsp3) is 0.500. The van der Waals surface area contributed by atoms with Gasteiger partial charge in [0.1, 0.15) is 25.0 Å². The molecular weight excluding hydrogens is 358 g/mol. The van der Waals surface area contributed by atoms with E-state index in [0.717, 1.165) is 5.57 Å². The first-order valence-electron chi connectivity index (χ1n) is 8.28. The highest BCUT2D eigenvalue weighted by Crippen LogP contribution is 2.48. The number of nitrogens with zero attached hydrogens (tertiary/aromatic N) is 1. The van der Waals surface area contributed by atoms with Crippen LogP contribution < -0.4 is 0 Å². The van der Waals surface area contributed by atoms with Gasteiger partial charge in [-0.25, -0.2) is 9.59 Å². The number of fused-ring (bicyclic) bond motifs is 1. The van der Waals surface area contributed by atoms with Crippen molar-refractivity contribution in [1.29, 1.82) is 0 Å². The van der Waals surface area contributed by atoms with Crippen molar-refractivity contribution in [3.05, 3.63) is 36.6 Å². The first kappa shape index (κ1) is 20.1. The predicted octanol–water partition coefficient (Wildman–Crippen LogP) is 2.10. The highest BCUT2D eigenvalue weighted by molar-refractivity contribution is 7.80. The molecule has 0 N–H and O–H groups in total. The minimum Gasteiger partial charge on any atom is -0.457 e. The molecule has 26 heavy (non-hydrogen) atoms. The van der Waals surface area contributed by atoms with Crippen LogP contribution in [0.5, 0.6) is 0 Å². The Hall–Kier alpha value is -2.22. The average molecular weight is 381 g/mol. The summed E-state index contributed by atoms with van der Waals surface area (Å²) in [5.74, 6) is -1.19. The summed E-state index contributed by atoms with van der Waals surface area (Å²) in [5.41, 5.74) is 0.978. The Morgan fingerprint density at radius 2 is 1.88 bits per heavy atom. The van der Waals surface area contributed by atoms with E-state index < -0.39 is 24.1 Å². The first-order chi connectivity index (χ1) is 12.4. The van der Waals surface area contributed by atoms with Gasteiger partial charge in [0.2, 0.25) is 5.91 Å². The Bertz CT molecular complexity index is 658. The van der Waals surface area contributed by atoms with E-state index in [-0.39, 0.29) is 36.8 Å². The number of hydrogen-bond donors (Lipinski definition) is 1. The first-order valence-corrected chi connectivity index (χ1v) is 8.91. The maximum Gasteiger partial charge on any atom is 0.508 e. The Labute approximate surface area is 158 Å². The van der Waals surface area contributed by atoms with Gasteiger partial charge in [-0.2, -0.15) is 12.6 Å². The molecule has 0 spiro atoms. The zero-order valence-corrected chi connectivity index (χ0v) is 15.7. The third kappa shape index (κ3) is 3.51. The maximum atomic E-state index is 12.7. The van der Waals surface area contributed by atoms with Crippen molar-refractivity contribution in [3.63, 3.8) is 0 Å². The van der Waals surface area contributed by atoms with E-state index in [4.69, 9.17) is 14.2 Å². The molecule has 0 radical (unpaired) electrons. The molecule has 4 atom stereocenters. The van der Waals surface area contributed by atoms with Crippen molar-refractivity contribution in [2.75, 3.05) is 19.0 Å². The molecule has 2 rings (SSSR count). The molecule has 142 valence electrons. The van der Waals surface area contributed by atoms with Crippen LogP contribution in [0, 0.1) is 11.8 Å². The summed E-state index contributed by atoms with van der Waals surface area (Å²) in [5, 5.41) is 0. The van der Waals surface area contributed by atoms with Gasteiger partial charge in [-0.15, -0.1) is 0 Å². The fourth-order valence-electron chi connectivity index (χ4n) is 3.42. The van der Waals surface area contributed by atoms with Crippen LogP contribution >= 0.6 is 12.6 Å². The van der Waals surface area contributed by atoms with Crippen molar-refractivity contribution in [1.82, 2.24) is 4.90 Å². The summed E-state index contributed by atoms with van der Waals surface area (Å²) in [7, 11) is 0. The van der Waals surface area contributed by atoms with Gasteiger partial charge in [0.15, 0.2) is 0 Å². The molecule has 2 heterocycles. The van der Waals surface area contributed by atoms with E-state index in [1.165, 1.54) is 17.1 Å². The van der Waals surface area contributed by atoms with Crippen LogP contribution in [0.25, 0.3) is 0 Å². The van der Waals surface area contributed by atoms with Gasteiger partial charge in [-0.05, 0) is 12.5 Å². The Kier molecular flexibility index (Phi) is 6.52. The second-order valence-corrected chi connectivity index (χ2v) is 6.42. The zero-order valence-electron chi connectivity index (χ0n) is 14.8. The zero-order chi connectivity index (χ0) is 19.4. The molecule has 1 amide bonds. The largest absolute Gasteiger partial charge is 0.508 e. The van der Waals surface area contributed by atoms with Crippen LogP contribution in [0.4, 0.5) is 4.79 Å². The molecule has 0 aliphatic carbocycles. The van der Waals surface area contributed by atoms with E-state index in [2.05, 4.69) is 25.8 Å². The van der Waals surface area contributed by atoms with E-state index in [9.17, 15) is 14.4 Å². The number of rotatable bonds is 8. The minimum absolute atomic E-state index is 0.0285. The maximum absolute atomic E-state index is 12.7. The lowest BCUT2D eigenvalue weighted by molar-refractivity contribution is -0.164. The van der Waals surface area contributed by atoms with Crippen LogP contribution in [0.2, 0.25) is 0 Å². The quantitative estimate of drug-likeness (QED) is 0.300. The topological polar surface area (TPSA) is 82.1 Å². The van der Waals surface area contributed by atoms with Crippen LogP contribution in [-0.4, -0.2) is 54.0 Å². The molecule has 2 aliphatic heterocycles. The number of amides is 1. The van der Waals surface area contributed by atoms with Crippen molar-refractivity contribution >= 4 is 30.7 Å². The lowest BCUT2D eigenvalue weighted by atomic mass is 9.78. The summed E-state index contributed by atoms with van der Waals surface area (Å²) in [6.45, 7) is 10.6. The molecule has 0 aromatic rings. The molecule has 7 nitrogen and oxygen atoms in total. The van der Waals surface area contributed by atoms with Crippen molar-refractivity contribution in [2.24, 2.45) is 11.8 Å². The van der Waals surface area contributed by atoms with Gasteiger partial charge in [-0.3, -0.25) is 4.79 Å². The van der Waals surface area contributed by atoms with Gasteiger partial charge < -0.3 is 19.1 Å². The Balaban J connectivity index is 2.14. The van der Waals surface area contributed by atoms with Gasteiger partial charge in [0.25, 0.3) is 0 Å². The van der Waals surface area contributed by atoms with E-state index in [0.29, 0.717) is 5.75 Å². The predicted molar refractivity (Wildman–Crippen MR) is 97.4 cm³/mol. The van der Waals surface area contributed by atoms with Crippen molar-refractivity contribution < 1.29 is 28.6 Å². The molecule has 8 heteroatoms. The molecular formula is C18H23NO6S. The number of hydrogen-bond acceptors (Lipinski definition) is 7. The Morgan fingerprint density at radius 1 is 1.27 bits per heavy atom. The van der Waals surface area contributed by atoms with Crippen LogP contribution in [0.15, 0.2) is 36.6 Å². The second-order valence-electron chi connectivity index (χ2n) is 6.11. The number of ether oxygens (including phenoxy) is 3. The third-order valence-electron chi connectivity index (χ3n) is 4.60. The number of esters is 1. The Morgan fingerprint density at radius 3 is 2.46 bits per heavy atom. The SMILES string of the molecule is C=CCOC(=O)O[C@H](C)[C@H]1C(=O)N2C(C(=O)OCC=C)=C(CS)[C@H](C)[C@H]12. The third-order valence-corrected chi connectivity index (χ3v) is 4.94. The molecule has 1 saturated heterocycles. The minimum atomic E-state index is -0.859. The van der Waals surface area contributed by atoms with Gasteiger partial charge in [-0.1, -0.05) is 32.2 Å². The van der Waals surface area contributed by atoms with Crippen LogP contribution in [-0.2, 0) is 23.8 Å². The van der Waals surface area contributed by atoms with E-state index in [1.54, 1.807) is 6.92 Å². The lowest BCUT2D eigenvalue weighted by Gasteiger charge is -2.47. The molecule has 0 aromatic heterocycles. The van der Waals surface area contributed by atoms with Gasteiger partial charge in [0, 0.05) is 11.7 Å². The number of β-lactam (4-membered cyclic amide) rings is 1. The molecule has 0 bridgehead atoms. The normalized spacial score (nSPS) is 25.1. The fourth-order valence-corrected chi connectivity index (χ4v) is 3.86. The van der Waals surface area contributed by atoms with Crippen LogP contribution in [0.1, 0.15) is 13.8 Å². The molecule has 1 fully saturated rings. The molecule has 0 unspecified atom stereocenters. The van der Waals surface area contributed by atoms with E-state index in [1.807, 2.05) is 6.92 Å². The number of carbonyl (C=O) groups is 3. The van der Waals surface area contributed by atoms with Gasteiger partial charge in [0.05, 0.1) is 12.0 Å². The highest BCUT2D eigenvalue weighted by Gasteiger charge is 2.60. The van der Waals surface area contributed by atoms with Crippen molar-refractivity contribution in [2.45, 2.75) is 26.0 Å². The number of carbonyl (C=O) groups excluding carboxylic acids is 3. The standard InChI is InChI=1S/C18H23NO6S/c1-5-7-23-17(21)15-12(9-26)10(3)14-13(16(20)19(14)15)11(4)25-18(22)24-8-6-2/h5-6,10-11,13-14,26H,1-2,7-9H2,3-4H3/t10-,11+,13+,14+/m0/s1. The summed E-state index contributed by atoms with van der Waals surface area (Å²) in [6.07, 6.45) is 1.33. The molecule has 0 saturated carbocycles.